The third kappa shape index (κ3) is 5.24. The van der Waals surface area contributed by atoms with Gasteiger partial charge in [0.2, 0.25) is 11.8 Å². The number of hydrogen-bond acceptors (Lipinski definition) is 8. The van der Waals surface area contributed by atoms with Crippen LogP contribution in [0.25, 0.3) is 0 Å². The second-order valence-electron chi connectivity index (χ2n) is 16.8. The largest absolute Gasteiger partial charge is 0.450 e. The molecule has 0 radical (unpaired) electrons. The van der Waals surface area contributed by atoms with Crippen molar-refractivity contribution >= 4 is 23.8 Å². The average Bonchev–Trinajstić information content (AvgIpc) is 3.84. The Balaban J connectivity index is 0.953. The summed E-state index contributed by atoms with van der Waals surface area (Å²) >= 11 is 0. The van der Waals surface area contributed by atoms with Crippen LogP contribution in [0.3, 0.4) is 0 Å². The predicted molar refractivity (Wildman–Crippen MR) is 194 cm³/mol. The van der Waals surface area contributed by atoms with E-state index in [1.807, 2.05) is 24.3 Å². The van der Waals surface area contributed by atoms with E-state index in [-0.39, 0.29) is 72.8 Å². The Hall–Kier alpha value is -3.50. The molecular formula is C42H54N4O6. The molecule has 4 bridgehead atoms. The number of carbonyl (C=O) groups is 4. The van der Waals surface area contributed by atoms with Gasteiger partial charge in [0.15, 0.2) is 11.2 Å². The van der Waals surface area contributed by atoms with Crippen LogP contribution in [0.1, 0.15) is 102 Å². The minimum Gasteiger partial charge on any atom is -0.450 e. The van der Waals surface area contributed by atoms with Crippen LogP contribution in [-0.2, 0) is 41.5 Å². The van der Waals surface area contributed by atoms with Crippen molar-refractivity contribution in [2.24, 2.45) is 0 Å². The summed E-state index contributed by atoms with van der Waals surface area (Å²) in [6.45, 7) is 7.52. The summed E-state index contributed by atoms with van der Waals surface area (Å²) in [5, 5.41) is 0. The Morgan fingerprint density at radius 2 is 1.15 bits per heavy atom. The first-order valence-corrected chi connectivity index (χ1v) is 20.3. The number of hydrogen-bond donors (Lipinski definition) is 0. The van der Waals surface area contributed by atoms with E-state index in [1.165, 1.54) is 0 Å². The smallest absolute Gasteiger partial charge is 0.331 e. The normalized spacial score (nSPS) is 35.8. The molecule has 2 saturated carbocycles. The zero-order valence-corrected chi connectivity index (χ0v) is 30.9. The lowest BCUT2D eigenvalue weighted by Gasteiger charge is -2.42. The summed E-state index contributed by atoms with van der Waals surface area (Å²) in [5.74, 6) is -0.299. The number of benzene rings is 1. The van der Waals surface area contributed by atoms with Crippen LogP contribution in [0, 0.1) is 0 Å². The standard InChI is InChI=1S/C42H54N4O6/c1-3-15-45(31-21-29-23-39(49)51-41(29)25-33(31)43-17-9-7-13-35(41)43)37(47)19-27-11-5-6-12-28(27)20-38(48)46(16-4-2)32-22-30-24-40(50)52-42(30)26-34(32)44-18-10-8-14-36(42)44/h5-6,11-12,23-24,31-36H,3-4,7-10,13-22,25-26H2,1-2H3/t31-,32+,33-,34-,35+,36+,41-,42-/m0/s1. The summed E-state index contributed by atoms with van der Waals surface area (Å²) in [5.41, 5.74) is 2.93. The molecule has 52 heavy (non-hydrogen) atoms. The van der Waals surface area contributed by atoms with Gasteiger partial charge in [-0.25, -0.2) is 9.59 Å². The summed E-state index contributed by atoms with van der Waals surface area (Å²) in [4.78, 5) is 63.7. The highest BCUT2D eigenvalue weighted by Crippen LogP contribution is 2.56. The lowest BCUT2D eigenvalue weighted by Crippen LogP contribution is -2.54. The van der Waals surface area contributed by atoms with Gasteiger partial charge in [-0.2, -0.15) is 0 Å². The fourth-order valence-corrected chi connectivity index (χ4v) is 12.2. The molecule has 0 N–H and O–H groups in total. The first-order chi connectivity index (χ1) is 25.3. The lowest BCUT2D eigenvalue weighted by molar-refractivity contribution is -0.150. The van der Waals surface area contributed by atoms with Crippen molar-refractivity contribution in [3.63, 3.8) is 0 Å². The molecule has 10 nitrogen and oxygen atoms in total. The van der Waals surface area contributed by atoms with Crippen LogP contribution in [0.2, 0.25) is 0 Å². The van der Waals surface area contributed by atoms with Crippen LogP contribution in [0.5, 0.6) is 0 Å². The molecule has 1 aromatic carbocycles. The van der Waals surface area contributed by atoms with Gasteiger partial charge in [-0.1, -0.05) is 51.0 Å². The Kier molecular flexibility index (Phi) is 8.64. The molecular weight excluding hydrogens is 656 g/mol. The third-order valence-corrected chi connectivity index (χ3v) is 14.2. The third-order valence-electron chi connectivity index (χ3n) is 14.2. The molecule has 6 heterocycles. The topological polar surface area (TPSA) is 99.7 Å². The zero-order chi connectivity index (χ0) is 35.8. The van der Waals surface area contributed by atoms with E-state index in [1.54, 1.807) is 12.2 Å². The van der Waals surface area contributed by atoms with E-state index in [4.69, 9.17) is 9.47 Å². The fraction of sp³-hybridized carbons (Fsp3) is 0.667. The predicted octanol–water partition coefficient (Wildman–Crippen LogP) is 4.49. The minimum absolute atomic E-state index is 0.0116. The molecule has 2 aliphatic carbocycles. The molecule has 2 spiro atoms. The van der Waals surface area contributed by atoms with Gasteiger partial charge in [0.1, 0.15) is 0 Å². The van der Waals surface area contributed by atoms with E-state index >= 15 is 0 Å². The molecule has 1 aromatic rings. The van der Waals surface area contributed by atoms with E-state index in [2.05, 4.69) is 33.4 Å². The van der Waals surface area contributed by atoms with Gasteiger partial charge in [-0.15, -0.1) is 0 Å². The number of fused-ring (bicyclic) bond motifs is 6. The number of amides is 2. The van der Waals surface area contributed by atoms with Crippen LogP contribution in [0.15, 0.2) is 47.6 Å². The van der Waals surface area contributed by atoms with Crippen LogP contribution in [-0.4, -0.2) is 117 Å². The van der Waals surface area contributed by atoms with Crippen molar-refractivity contribution in [1.29, 1.82) is 0 Å². The number of esters is 2. The van der Waals surface area contributed by atoms with Gasteiger partial charge in [0, 0.05) is 50.2 Å². The number of nitrogens with zero attached hydrogens (tertiary/aromatic N) is 4. The lowest BCUT2D eigenvalue weighted by atomic mass is 9.75. The molecule has 10 heteroatoms. The van der Waals surface area contributed by atoms with E-state index < -0.39 is 11.2 Å². The first-order valence-electron chi connectivity index (χ1n) is 20.3. The summed E-state index contributed by atoms with van der Waals surface area (Å²) in [7, 11) is 0. The molecule has 0 aromatic heterocycles. The highest BCUT2D eigenvalue weighted by Gasteiger charge is 2.66. The maximum Gasteiger partial charge on any atom is 0.331 e. The van der Waals surface area contributed by atoms with E-state index in [0.29, 0.717) is 25.9 Å². The maximum atomic E-state index is 14.5. The SMILES string of the molecule is CCCN(C(=O)Cc1ccccc1CC(=O)N(CCC)[C@H]1CC2=CC(=O)O[C@@]23C[C@@H]1N1CCCC[C@@H]13)[C@@H]1CC2=CC(=O)O[C@@]23C[C@@H]1N1CCCC[C@@H]13. The summed E-state index contributed by atoms with van der Waals surface area (Å²) in [6.07, 6.45) is 15.1. The number of piperidine rings is 2. The Morgan fingerprint density at radius 1 is 0.712 bits per heavy atom. The van der Waals surface area contributed by atoms with E-state index in [9.17, 15) is 19.2 Å². The maximum absolute atomic E-state index is 14.5. The Bertz CT molecular complexity index is 1600. The van der Waals surface area contributed by atoms with Crippen LogP contribution in [0.4, 0.5) is 0 Å². The quantitative estimate of drug-likeness (QED) is 0.328. The molecule has 4 saturated heterocycles. The van der Waals surface area contributed by atoms with Gasteiger partial charge in [0.05, 0.1) is 37.0 Å². The van der Waals surface area contributed by atoms with Gasteiger partial charge >= 0.3 is 11.9 Å². The van der Waals surface area contributed by atoms with Crippen molar-refractivity contribution in [3.05, 3.63) is 58.7 Å². The summed E-state index contributed by atoms with van der Waals surface area (Å²) in [6, 6.07) is 8.69. The Morgan fingerprint density at radius 3 is 1.58 bits per heavy atom. The second kappa shape index (κ2) is 13.1. The molecule has 6 fully saturated rings. The van der Waals surface area contributed by atoms with E-state index in [0.717, 1.165) is 99.6 Å². The molecule has 9 rings (SSSR count). The highest BCUT2D eigenvalue weighted by atomic mass is 16.6. The van der Waals surface area contributed by atoms with Gasteiger partial charge < -0.3 is 19.3 Å². The van der Waals surface area contributed by atoms with Crippen molar-refractivity contribution in [2.75, 3.05) is 26.2 Å². The zero-order valence-electron chi connectivity index (χ0n) is 30.9. The summed E-state index contributed by atoms with van der Waals surface area (Å²) < 4.78 is 12.2. The minimum atomic E-state index is -0.513. The van der Waals surface area contributed by atoms with Gasteiger partial charge in [-0.3, -0.25) is 19.4 Å². The van der Waals surface area contributed by atoms with Crippen molar-refractivity contribution in [1.82, 2.24) is 19.6 Å². The highest BCUT2D eigenvalue weighted by molar-refractivity contribution is 5.88. The van der Waals surface area contributed by atoms with Crippen molar-refractivity contribution in [3.8, 4) is 0 Å². The average molecular weight is 711 g/mol. The molecule has 8 atom stereocenters. The first kappa shape index (κ1) is 34.3. The number of rotatable bonds is 10. The molecule has 0 unspecified atom stereocenters. The van der Waals surface area contributed by atoms with Gasteiger partial charge in [0.25, 0.3) is 0 Å². The molecule has 8 aliphatic rings. The van der Waals surface area contributed by atoms with Crippen molar-refractivity contribution in [2.45, 2.75) is 151 Å². The molecule has 278 valence electrons. The van der Waals surface area contributed by atoms with Gasteiger partial charge in [-0.05, 0) is 86.7 Å². The number of ether oxygens (including phenoxy) is 2. The molecule has 6 aliphatic heterocycles. The van der Waals surface area contributed by atoms with Crippen LogP contribution < -0.4 is 0 Å². The van der Waals surface area contributed by atoms with Crippen molar-refractivity contribution < 1.29 is 28.7 Å². The monoisotopic (exact) mass is 710 g/mol. The Labute approximate surface area is 307 Å². The number of carbonyl (C=O) groups excluding carboxylic acids is 4. The molecule has 2 amide bonds. The second-order valence-corrected chi connectivity index (χ2v) is 16.8. The van der Waals surface area contributed by atoms with Crippen LogP contribution >= 0.6 is 0 Å². The fourth-order valence-electron chi connectivity index (χ4n) is 12.2.